The monoisotopic (exact) mass is 346 g/mol. The minimum Gasteiger partial charge on any atom is -0.477 e. The van der Waals surface area contributed by atoms with E-state index in [0.29, 0.717) is 15.8 Å². The first-order valence-electron chi connectivity index (χ1n) is 6.66. The van der Waals surface area contributed by atoms with Crippen LogP contribution in [0, 0.1) is 6.92 Å². The van der Waals surface area contributed by atoms with Crippen molar-refractivity contribution in [3.05, 3.63) is 62.5 Å². The number of thiophene rings is 1. The van der Waals surface area contributed by atoms with E-state index in [-0.39, 0.29) is 15.7 Å². The maximum Gasteiger partial charge on any atom is 0.346 e. The minimum atomic E-state index is -1.07. The van der Waals surface area contributed by atoms with Crippen LogP contribution in [0.25, 0.3) is 21.3 Å². The van der Waals surface area contributed by atoms with E-state index >= 15 is 0 Å². The molecule has 0 fully saturated rings. The van der Waals surface area contributed by atoms with E-state index < -0.39 is 11.5 Å². The number of fused-ring (bicyclic) bond motifs is 1. The van der Waals surface area contributed by atoms with E-state index in [1.807, 2.05) is 30.3 Å². The number of aromatic carboxylic acids is 1. The van der Waals surface area contributed by atoms with Crippen molar-refractivity contribution in [1.82, 2.24) is 9.97 Å². The molecule has 1 aromatic carbocycles. The highest BCUT2D eigenvalue weighted by Crippen LogP contribution is 2.28. The van der Waals surface area contributed by atoms with Crippen molar-refractivity contribution in [3.63, 3.8) is 0 Å². The van der Waals surface area contributed by atoms with E-state index in [2.05, 4.69) is 9.97 Å². The van der Waals surface area contributed by atoms with E-state index in [1.165, 1.54) is 0 Å². The van der Waals surface area contributed by atoms with Gasteiger partial charge in [0.2, 0.25) is 0 Å². The quantitative estimate of drug-likeness (QED) is 0.757. The van der Waals surface area contributed by atoms with Crippen molar-refractivity contribution in [2.24, 2.45) is 0 Å². The number of halogens is 1. The number of carboxylic acid groups (broad SMARTS) is 1. The van der Waals surface area contributed by atoms with E-state index in [9.17, 15) is 9.59 Å². The van der Waals surface area contributed by atoms with Gasteiger partial charge in [-0.3, -0.25) is 4.79 Å². The van der Waals surface area contributed by atoms with Crippen molar-refractivity contribution >= 4 is 50.2 Å². The van der Waals surface area contributed by atoms with Gasteiger partial charge >= 0.3 is 5.97 Å². The lowest BCUT2D eigenvalue weighted by Gasteiger charge is -2.00. The van der Waals surface area contributed by atoms with Crippen LogP contribution < -0.4 is 5.56 Å². The third-order valence-electron chi connectivity index (χ3n) is 3.31. The zero-order valence-electron chi connectivity index (χ0n) is 12.0. The summed E-state index contributed by atoms with van der Waals surface area (Å²) in [7, 11) is 0. The molecule has 5 nitrogen and oxygen atoms in total. The van der Waals surface area contributed by atoms with Crippen molar-refractivity contribution in [2.75, 3.05) is 0 Å². The molecule has 23 heavy (non-hydrogen) atoms. The number of hydrogen-bond donors (Lipinski definition) is 2. The van der Waals surface area contributed by atoms with E-state index in [0.717, 1.165) is 16.9 Å². The SMILES string of the molecule is Cc1c(C(=O)O)sc2nc(/C(Cl)=C/c3ccccc3)[nH]c(=O)c12. The van der Waals surface area contributed by atoms with Crippen LogP contribution in [0.5, 0.6) is 0 Å². The predicted molar refractivity (Wildman–Crippen MR) is 92.1 cm³/mol. The number of nitrogens with one attached hydrogen (secondary N) is 1. The van der Waals surface area contributed by atoms with E-state index in [1.54, 1.807) is 13.0 Å². The van der Waals surface area contributed by atoms with Crippen LogP contribution in [-0.4, -0.2) is 21.0 Å². The Hall–Kier alpha value is -2.44. The molecule has 0 unspecified atom stereocenters. The third kappa shape index (κ3) is 2.91. The maximum absolute atomic E-state index is 12.2. The molecule has 0 bridgehead atoms. The van der Waals surface area contributed by atoms with Crippen LogP contribution in [0.4, 0.5) is 0 Å². The Morgan fingerprint density at radius 2 is 2.04 bits per heavy atom. The second-order valence-electron chi connectivity index (χ2n) is 4.86. The van der Waals surface area contributed by atoms with Gasteiger partial charge < -0.3 is 10.1 Å². The van der Waals surface area contributed by atoms with Crippen LogP contribution in [-0.2, 0) is 0 Å². The van der Waals surface area contributed by atoms with Gasteiger partial charge in [-0.1, -0.05) is 41.9 Å². The van der Waals surface area contributed by atoms with Crippen LogP contribution in [0.1, 0.15) is 26.6 Å². The molecule has 0 saturated heterocycles. The van der Waals surface area contributed by atoms with Gasteiger partial charge in [0.05, 0.1) is 10.4 Å². The van der Waals surface area contributed by atoms with Crippen LogP contribution in [0.2, 0.25) is 0 Å². The average molecular weight is 347 g/mol. The zero-order valence-corrected chi connectivity index (χ0v) is 13.5. The fourth-order valence-electron chi connectivity index (χ4n) is 2.22. The van der Waals surface area contributed by atoms with Gasteiger partial charge in [-0.15, -0.1) is 11.3 Å². The summed E-state index contributed by atoms with van der Waals surface area (Å²) in [5.74, 6) is -0.858. The standard InChI is InChI=1S/C16H11ClN2O3S/c1-8-11-14(20)18-13(19-15(11)23-12(8)16(21)22)10(17)7-9-5-3-2-4-6-9/h2-7H,1H3,(H,21,22)(H,18,19,20)/b10-7-. The van der Waals surface area contributed by atoms with E-state index in [4.69, 9.17) is 16.7 Å². The molecule has 0 amide bonds. The number of aromatic amines is 1. The number of carbonyl (C=O) groups is 1. The van der Waals surface area contributed by atoms with Crippen LogP contribution >= 0.6 is 22.9 Å². The van der Waals surface area contributed by atoms with Crippen molar-refractivity contribution in [1.29, 1.82) is 0 Å². The molecule has 3 rings (SSSR count). The van der Waals surface area contributed by atoms with Gasteiger partial charge in [0.15, 0.2) is 5.82 Å². The molecule has 2 N–H and O–H groups in total. The summed E-state index contributed by atoms with van der Waals surface area (Å²) in [4.78, 5) is 30.8. The predicted octanol–water partition coefficient (Wildman–Crippen LogP) is 3.73. The minimum absolute atomic E-state index is 0.110. The molecule has 3 aromatic rings. The van der Waals surface area contributed by atoms with Gasteiger partial charge in [-0.2, -0.15) is 0 Å². The lowest BCUT2D eigenvalue weighted by Crippen LogP contribution is -2.10. The molecular formula is C16H11ClN2O3S. The second kappa shape index (κ2) is 5.98. The first-order valence-corrected chi connectivity index (χ1v) is 7.86. The van der Waals surface area contributed by atoms with Crippen LogP contribution in [0.15, 0.2) is 35.1 Å². The Kier molecular flexibility index (Phi) is 4.02. The summed E-state index contributed by atoms with van der Waals surface area (Å²) < 4.78 is 0. The summed E-state index contributed by atoms with van der Waals surface area (Å²) in [6.07, 6.45) is 1.68. The van der Waals surface area contributed by atoms with Crippen molar-refractivity contribution in [3.8, 4) is 0 Å². The Labute approximate surface area is 139 Å². The number of aryl methyl sites for hydroxylation is 1. The molecular weight excluding hydrogens is 336 g/mol. The molecule has 7 heteroatoms. The number of carboxylic acids is 1. The van der Waals surface area contributed by atoms with Gasteiger partial charge in [0.25, 0.3) is 5.56 Å². The molecule has 2 aromatic heterocycles. The normalized spacial score (nSPS) is 11.8. The first kappa shape index (κ1) is 15.5. The number of hydrogen-bond acceptors (Lipinski definition) is 4. The highest BCUT2D eigenvalue weighted by atomic mass is 35.5. The first-order chi connectivity index (χ1) is 11.0. The van der Waals surface area contributed by atoms with Crippen molar-refractivity contribution < 1.29 is 9.90 Å². The largest absolute Gasteiger partial charge is 0.477 e. The average Bonchev–Trinajstić information content (AvgIpc) is 2.86. The fourth-order valence-corrected chi connectivity index (χ4v) is 3.46. The molecule has 2 heterocycles. The molecule has 0 aliphatic rings. The van der Waals surface area contributed by atoms with Gasteiger partial charge in [-0.25, -0.2) is 9.78 Å². The second-order valence-corrected chi connectivity index (χ2v) is 6.27. The third-order valence-corrected chi connectivity index (χ3v) is 4.78. The van der Waals surface area contributed by atoms with Crippen molar-refractivity contribution in [2.45, 2.75) is 6.92 Å². The number of nitrogens with zero attached hydrogens (tertiary/aromatic N) is 1. The molecule has 0 spiro atoms. The number of H-pyrrole nitrogens is 1. The lowest BCUT2D eigenvalue weighted by molar-refractivity contribution is 0.0701. The summed E-state index contributed by atoms with van der Waals surface area (Å²) in [5, 5.41) is 9.73. The highest BCUT2D eigenvalue weighted by Gasteiger charge is 2.19. The molecule has 0 radical (unpaired) electrons. The number of rotatable bonds is 3. The Bertz CT molecular complexity index is 990. The van der Waals surface area contributed by atoms with Gasteiger partial charge in [0.1, 0.15) is 9.71 Å². The number of benzene rings is 1. The molecule has 116 valence electrons. The highest BCUT2D eigenvalue weighted by molar-refractivity contribution is 7.20. The fraction of sp³-hybridized carbons (Fsp3) is 0.0625. The summed E-state index contributed by atoms with van der Waals surface area (Å²) in [5.41, 5.74) is 0.889. The van der Waals surface area contributed by atoms with Gasteiger partial charge in [-0.05, 0) is 24.1 Å². The number of aromatic nitrogens is 2. The molecule has 0 atom stereocenters. The maximum atomic E-state index is 12.2. The summed E-state index contributed by atoms with van der Waals surface area (Å²) in [6, 6.07) is 9.38. The smallest absolute Gasteiger partial charge is 0.346 e. The summed E-state index contributed by atoms with van der Waals surface area (Å²) in [6.45, 7) is 1.60. The molecule has 0 saturated carbocycles. The van der Waals surface area contributed by atoms with Gasteiger partial charge in [0, 0.05) is 0 Å². The summed E-state index contributed by atoms with van der Waals surface area (Å²) >= 11 is 7.21. The Morgan fingerprint density at radius 1 is 1.35 bits per heavy atom. The Balaban J connectivity index is 2.15. The molecule has 0 aliphatic carbocycles. The zero-order chi connectivity index (χ0) is 16.6. The van der Waals surface area contributed by atoms with Crippen LogP contribution in [0.3, 0.4) is 0 Å². The Morgan fingerprint density at radius 3 is 2.70 bits per heavy atom. The molecule has 0 aliphatic heterocycles. The topological polar surface area (TPSA) is 83.0 Å². The lowest BCUT2D eigenvalue weighted by atomic mass is 10.2.